The number of methoxy groups -OCH3 is 2. The molecule has 0 aliphatic carbocycles. The third kappa shape index (κ3) is 4.87. The Morgan fingerprint density at radius 1 is 1.21 bits per heavy atom. The number of amides is 3. The fourth-order valence-corrected chi connectivity index (χ4v) is 3.02. The highest BCUT2D eigenvalue weighted by atomic mass is 16.6. The summed E-state index contributed by atoms with van der Waals surface area (Å²) in [4.78, 5) is 60.0. The smallest absolute Gasteiger partial charge is 0.373 e. The molecule has 0 radical (unpaired) electrons. The number of esters is 2. The third-order valence-electron chi connectivity index (χ3n) is 4.67. The van der Waals surface area contributed by atoms with Crippen molar-refractivity contribution in [3.63, 3.8) is 0 Å². The lowest BCUT2D eigenvalue weighted by Gasteiger charge is -2.14. The predicted octanol–water partition coefficient (Wildman–Crippen LogP) is 2.01. The van der Waals surface area contributed by atoms with Crippen LogP contribution < -0.4 is 10.1 Å². The fraction of sp³-hybridized carbons (Fsp3) is 0.238. The van der Waals surface area contributed by atoms with Crippen LogP contribution in [0, 0.1) is 10.1 Å². The summed E-state index contributed by atoms with van der Waals surface area (Å²) in [6.07, 6.45) is 0.00534. The molecule has 34 heavy (non-hydrogen) atoms. The number of carbonyl (C=O) groups excluding carboxylic acids is 4. The Morgan fingerprint density at radius 3 is 2.59 bits per heavy atom. The van der Waals surface area contributed by atoms with Crippen LogP contribution in [0.5, 0.6) is 5.75 Å². The number of nitrogens with zero attached hydrogens (tertiary/aromatic N) is 2. The van der Waals surface area contributed by atoms with Gasteiger partial charge in [-0.3, -0.25) is 19.8 Å². The van der Waals surface area contributed by atoms with E-state index in [1.54, 1.807) is 0 Å². The zero-order valence-electron chi connectivity index (χ0n) is 18.2. The maximum absolute atomic E-state index is 12.8. The van der Waals surface area contributed by atoms with Gasteiger partial charge in [0.1, 0.15) is 11.5 Å². The number of hydrogen-bond donors (Lipinski definition) is 1. The van der Waals surface area contributed by atoms with Crippen molar-refractivity contribution in [3.8, 4) is 5.75 Å². The van der Waals surface area contributed by atoms with E-state index in [0.29, 0.717) is 0 Å². The van der Waals surface area contributed by atoms with E-state index in [9.17, 15) is 29.3 Å². The second kappa shape index (κ2) is 9.85. The standard InChI is InChI=1S/C21H19N3O10/c1-11(19(26)31-2)33-17-12(5-4-6-15(17)24(29)30)9-14-18(25)23(21(28)22-14)10-13-7-8-16(34-13)20(27)32-3/h4-9,11H,10H2,1-3H3,(H,22,28). The van der Waals surface area contributed by atoms with Crippen LogP contribution in [0.2, 0.25) is 0 Å². The molecule has 0 bridgehead atoms. The molecule has 178 valence electrons. The van der Waals surface area contributed by atoms with Gasteiger partial charge in [-0.15, -0.1) is 0 Å². The van der Waals surface area contributed by atoms with Crippen LogP contribution in [-0.4, -0.2) is 54.0 Å². The number of carbonyl (C=O) groups is 4. The maximum Gasteiger partial charge on any atom is 0.373 e. The van der Waals surface area contributed by atoms with Gasteiger partial charge in [-0.2, -0.15) is 0 Å². The van der Waals surface area contributed by atoms with Crippen molar-refractivity contribution in [2.75, 3.05) is 14.2 Å². The lowest BCUT2D eigenvalue weighted by atomic mass is 10.1. The van der Waals surface area contributed by atoms with Gasteiger partial charge in [0.15, 0.2) is 6.10 Å². The van der Waals surface area contributed by atoms with Gasteiger partial charge < -0.3 is 23.9 Å². The summed E-state index contributed by atoms with van der Waals surface area (Å²) in [7, 11) is 2.32. The minimum absolute atomic E-state index is 0.0708. The molecule has 3 rings (SSSR count). The number of imide groups is 1. The number of furan rings is 1. The lowest BCUT2D eigenvalue weighted by molar-refractivity contribution is -0.386. The predicted molar refractivity (Wildman–Crippen MR) is 112 cm³/mol. The van der Waals surface area contributed by atoms with Gasteiger partial charge in [-0.25, -0.2) is 14.4 Å². The van der Waals surface area contributed by atoms with Gasteiger partial charge in [0.25, 0.3) is 5.91 Å². The summed E-state index contributed by atoms with van der Waals surface area (Å²) in [5, 5.41) is 13.9. The van der Waals surface area contributed by atoms with Gasteiger partial charge in [0, 0.05) is 11.6 Å². The number of nitrogens with one attached hydrogen (secondary N) is 1. The number of rotatable bonds is 8. The topological polar surface area (TPSA) is 168 Å². The quantitative estimate of drug-likeness (QED) is 0.197. The molecular weight excluding hydrogens is 454 g/mol. The minimum Gasteiger partial charge on any atom is -0.471 e. The number of ether oxygens (including phenoxy) is 3. The number of urea groups is 1. The van der Waals surface area contributed by atoms with E-state index in [1.807, 2.05) is 0 Å². The number of nitro benzene ring substituents is 1. The zero-order chi connectivity index (χ0) is 25.0. The minimum atomic E-state index is -1.18. The van der Waals surface area contributed by atoms with Gasteiger partial charge in [0.2, 0.25) is 11.5 Å². The fourth-order valence-electron chi connectivity index (χ4n) is 3.02. The van der Waals surface area contributed by atoms with Crippen molar-refractivity contribution in [1.29, 1.82) is 0 Å². The molecule has 2 heterocycles. The normalized spacial score (nSPS) is 15.1. The Labute approximate surface area is 192 Å². The molecule has 13 nitrogen and oxygen atoms in total. The van der Waals surface area contributed by atoms with Gasteiger partial charge in [0.05, 0.1) is 25.7 Å². The molecule has 1 aliphatic heterocycles. The number of nitro groups is 1. The first kappa shape index (κ1) is 24.0. The van der Waals surface area contributed by atoms with Gasteiger partial charge >= 0.3 is 23.7 Å². The SMILES string of the molecule is COC(=O)c1ccc(CN2C(=O)NC(=Cc3cccc([N+](=O)[O-])c3OC(C)C(=O)OC)C2=O)o1. The van der Waals surface area contributed by atoms with Crippen molar-refractivity contribution in [2.45, 2.75) is 19.6 Å². The second-order valence-corrected chi connectivity index (χ2v) is 6.87. The molecule has 1 fully saturated rings. The summed E-state index contributed by atoms with van der Waals surface area (Å²) < 4.78 is 19.9. The average molecular weight is 473 g/mol. The largest absolute Gasteiger partial charge is 0.471 e. The van der Waals surface area contributed by atoms with E-state index >= 15 is 0 Å². The van der Waals surface area contributed by atoms with E-state index in [-0.39, 0.29) is 35.1 Å². The molecular formula is C21H19N3O10. The van der Waals surface area contributed by atoms with Gasteiger partial charge in [-0.1, -0.05) is 12.1 Å². The van der Waals surface area contributed by atoms with Crippen molar-refractivity contribution in [3.05, 3.63) is 63.2 Å². The first-order valence-electron chi connectivity index (χ1n) is 9.69. The van der Waals surface area contributed by atoms with Gasteiger partial charge in [-0.05, 0) is 25.1 Å². The molecule has 0 spiro atoms. The van der Waals surface area contributed by atoms with Crippen molar-refractivity contribution >= 4 is 35.6 Å². The van der Waals surface area contributed by atoms with Crippen LogP contribution in [0.4, 0.5) is 10.5 Å². The molecule has 13 heteroatoms. The van der Waals surface area contributed by atoms with E-state index in [2.05, 4.69) is 14.8 Å². The highest BCUT2D eigenvalue weighted by molar-refractivity contribution is 6.14. The molecule has 1 N–H and O–H groups in total. The summed E-state index contributed by atoms with van der Waals surface area (Å²) in [6.45, 7) is 1.06. The number of para-hydroxylation sites is 1. The average Bonchev–Trinajstić information content (AvgIpc) is 3.39. The highest BCUT2D eigenvalue weighted by Gasteiger charge is 2.35. The molecule has 3 amide bonds. The maximum atomic E-state index is 12.8. The van der Waals surface area contributed by atoms with Crippen LogP contribution in [-0.2, 0) is 25.6 Å². The van der Waals surface area contributed by atoms with Crippen molar-refractivity contribution in [1.82, 2.24) is 10.2 Å². The molecule has 1 unspecified atom stereocenters. The Kier molecular flexibility index (Phi) is 6.95. The second-order valence-electron chi connectivity index (χ2n) is 6.87. The van der Waals surface area contributed by atoms with E-state index < -0.39 is 40.6 Å². The van der Waals surface area contributed by atoms with Crippen molar-refractivity contribution < 1.29 is 42.7 Å². The van der Waals surface area contributed by atoms with Crippen LogP contribution in [0.3, 0.4) is 0 Å². The van der Waals surface area contributed by atoms with E-state index in [1.165, 1.54) is 50.4 Å². The molecule has 1 aromatic carbocycles. The number of benzene rings is 1. The summed E-state index contributed by atoms with van der Waals surface area (Å²) >= 11 is 0. The molecule has 2 aromatic rings. The van der Waals surface area contributed by atoms with Crippen LogP contribution in [0.15, 0.2) is 40.4 Å². The van der Waals surface area contributed by atoms with Crippen LogP contribution in [0.1, 0.15) is 28.8 Å². The summed E-state index contributed by atoms with van der Waals surface area (Å²) in [5.74, 6) is -2.47. The Hall–Kier alpha value is -4.68. The monoisotopic (exact) mass is 473 g/mol. The molecule has 1 aromatic heterocycles. The molecule has 1 saturated heterocycles. The van der Waals surface area contributed by atoms with E-state index in [4.69, 9.17) is 9.15 Å². The Morgan fingerprint density at radius 2 is 1.94 bits per heavy atom. The highest BCUT2D eigenvalue weighted by Crippen LogP contribution is 2.34. The zero-order valence-corrected chi connectivity index (χ0v) is 18.2. The molecule has 0 saturated carbocycles. The third-order valence-corrected chi connectivity index (χ3v) is 4.67. The summed E-state index contributed by atoms with van der Waals surface area (Å²) in [5.41, 5.74) is -0.577. The molecule has 1 aliphatic rings. The van der Waals surface area contributed by atoms with Crippen LogP contribution in [0.25, 0.3) is 6.08 Å². The Bertz CT molecular complexity index is 1200. The van der Waals surface area contributed by atoms with E-state index in [0.717, 1.165) is 12.0 Å². The first-order chi connectivity index (χ1) is 16.2. The lowest BCUT2D eigenvalue weighted by Crippen LogP contribution is -2.30. The van der Waals surface area contributed by atoms with Crippen molar-refractivity contribution in [2.24, 2.45) is 0 Å². The Balaban J connectivity index is 1.90. The summed E-state index contributed by atoms with van der Waals surface area (Å²) in [6, 6.07) is 5.91. The number of hydrogen-bond acceptors (Lipinski definition) is 10. The molecule has 1 atom stereocenters. The first-order valence-corrected chi connectivity index (χ1v) is 9.69. The van der Waals surface area contributed by atoms with Crippen LogP contribution >= 0.6 is 0 Å².